The lowest BCUT2D eigenvalue weighted by Crippen LogP contribution is -2.02. The molecule has 0 radical (unpaired) electrons. The second-order valence-corrected chi connectivity index (χ2v) is 11.3. The Hall–Kier alpha value is -0.330. The maximum absolute atomic E-state index is 11.4. The summed E-state index contributed by atoms with van der Waals surface area (Å²) in [7, 11) is 0. The molecular formula is C33H66O. The predicted molar refractivity (Wildman–Crippen MR) is 155 cm³/mol. The molecule has 1 unspecified atom stereocenters. The molecule has 1 heteroatoms. The zero-order valence-corrected chi connectivity index (χ0v) is 24.1. The van der Waals surface area contributed by atoms with Crippen LogP contribution in [0.2, 0.25) is 0 Å². The first-order valence-corrected chi connectivity index (χ1v) is 16.3. The highest BCUT2D eigenvalue weighted by molar-refractivity contribution is 5.53. The second kappa shape index (κ2) is 30.7. The molecule has 0 spiro atoms. The van der Waals surface area contributed by atoms with E-state index < -0.39 is 0 Å². The van der Waals surface area contributed by atoms with Crippen LogP contribution < -0.4 is 0 Å². The normalized spacial score (nSPS) is 12.3. The molecule has 0 aromatic carbocycles. The van der Waals surface area contributed by atoms with Gasteiger partial charge in [0.25, 0.3) is 0 Å². The number of hydrogen-bond acceptors (Lipinski definition) is 1. The summed E-state index contributed by atoms with van der Waals surface area (Å²) in [6.07, 6.45) is 41.5. The Balaban J connectivity index is 3.26. The van der Waals surface area contributed by atoms with Gasteiger partial charge in [-0.1, -0.05) is 187 Å². The SMILES string of the molecule is CCCCCCCCCCCCCCCCC(C=O)CCCCCCCCCCCCCCC. The summed E-state index contributed by atoms with van der Waals surface area (Å²) in [6, 6.07) is 0. The van der Waals surface area contributed by atoms with Crippen LogP contribution in [0.25, 0.3) is 0 Å². The highest BCUT2D eigenvalue weighted by Crippen LogP contribution is 2.19. The summed E-state index contributed by atoms with van der Waals surface area (Å²) in [4.78, 5) is 11.4. The van der Waals surface area contributed by atoms with Gasteiger partial charge >= 0.3 is 0 Å². The van der Waals surface area contributed by atoms with Crippen molar-refractivity contribution in [2.45, 2.75) is 200 Å². The number of hydrogen-bond donors (Lipinski definition) is 0. The van der Waals surface area contributed by atoms with Gasteiger partial charge in [-0.25, -0.2) is 0 Å². The van der Waals surface area contributed by atoms with E-state index >= 15 is 0 Å². The highest BCUT2D eigenvalue weighted by Gasteiger charge is 2.06. The van der Waals surface area contributed by atoms with Gasteiger partial charge in [-0.15, -0.1) is 0 Å². The predicted octanol–water partition coefficient (Wildman–Crippen LogP) is 12.2. The lowest BCUT2D eigenvalue weighted by Gasteiger charge is -2.10. The Morgan fingerprint density at radius 3 is 0.765 bits per heavy atom. The number of carbonyl (C=O) groups excluding carboxylic acids is 1. The molecule has 0 aliphatic rings. The van der Waals surface area contributed by atoms with E-state index in [1.807, 2.05) is 0 Å². The first-order chi connectivity index (χ1) is 16.8. The van der Waals surface area contributed by atoms with Crippen molar-refractivity contribution in [2.75, 3.05) is 0 Å². The van der Waals surface area contributed by atoms with Gasteiger partial charge in [0.05, 0.1) is 0 Å². The van der Waals surface area contributed by atoms with Gasteiger partial charge in [0.1, 0.15) is 6.29 Å². The average molecular weight is 479 g/mol. The lowest BCUT2D eigenvalue weighted by molar-refractivity contribution is -0.111. The maximum Gasteiger partial charge on any atom is 0.123 e. The van der Waals surface area contributed by atoms with Crippen molar-refractivity contribution < 1.29 is 4.79 Å². The van der Waals surface area contributed by atoms with Crippen LogP contribution in [0, 0.1) is 5.92 Å². The van der Waals surface area contributed by atoms with E-state index in [-0.39, 0.29) is 0 Å². The van der Waals surface area contributed by atoms with Gasteiger partial charge in [-0.3, -0.25) is 0 Å². The molecule has 1 atom stereocenters. The minimum atomic E-state index is 0.338. The highest BCUT2D eigenvalue weighted by atomic mass is 16.1. The van der Waals surface area contributed by atoms with Gasteiger partial charge in [0, 0.05) is 5.92 Å². The molecule has 0 aromatic rings. The Morgan fingerprint density at radius 2 is 0.559 bits per heavy atom. The zero-order valence-electron chi connectivity index (χ0n) is 24.1. The fourth-order valence-electron chi connectivity index (χ4n) is 5.31. The van der Waals surface area contributed by atoms with Crippen LogP contribution in [0.15, 0.2) is 0 Å². The molecule has 0 aliphatic carbocycles. The second-order valence-electron chi connectivity index (χ2n) is 11.3. The summed E-state index contributed by atoms with van der Waals surface area (Å²) < 4.78 is 0. The monoisotopic (exact) mass is 479 g/mol. The third kappa shape index (κ3) is 27.9. The first-order valence-electron chi connectivity index (χ1n) is 16.3. The number of aldehydes is 1. The van der Waals surface area contributed by atoms with Crippen molar-refractivity contribution in [3.05, 3.63) is 0 Å². The molecule has 0 rings (SSSR count). The van der Waals surface area contributed by atoms with Crippen molar-refractivity contribution in [2.24, 2.45) is 5.92 Å². The van der Waals surface area contributed by atoms with Gasteiger partial charge in [-0.05, 0) is 12.8 Å². The van der Waals surface area contributed by atoms with Gasteiger partial charge in [0.15, 0.2) is 0 Å². The summed E-state index contributed by atoms with van der Waals surface area (Å²) in [5, 5.41) is 0. The van der Waals surface area contributed by atoms with Gasteiger partial charge in [-0.2, -0.15) is 0 Å². The standard InChI is InChI=1S/C33H66O/c1-3-5-7-9-11-13-15-17-19-21-23-25-27-29-31-33(32-34)30-28-26-24-22-20-18-16-14-12-10-8-6-4-2/h32-33H,3-31H2,1-2H3. The molecule has 0 bridgehead atoms. The van der Waals surface area contributed by atoms with Crippen LogP contribution in [-0.2, 0) is 4.79 Å². The number of rotatable bonds is 30. The van der Waals surface area contributed by atoms with Crippen LogP contribution in [-0.4, -0.2) is 6.29 Å². The van der Waals surface area contributed by atoms with Crippen LogP contribution >= 0.6 is 0 Å². The molecule has 0 saturated carbocycles. The van der Waals surface area contributed by atoms with Crippen LogP contribution in [0.3, 0.4) is 0 Å². The van der Waals surface area contributed by atoms with E-state index in [0.717, 1.165) is 12.8 Å². The topological polar surface area (TPSA) is 17.1 Å². The van der Waals surface area contributed by atoms with Crippen LogP contribution in [0.4, 0.5) is 0 Å². The third-order valence-electron chi connectivity index (χ3n) is 7.80. The van der Waals surface area contributed by atoms with E-state index in [0.29, 0.717) is 5.92 Å². The van der Waals surface area contributed by atoms with Crippen molar-refractivity contribution in [1.82, 2.24) is 0 Å². The van der Waals surface area contributed by atoms with E-state index in [1.165, 1.54) is 180 Å². The minimum absolute atomic E-state index is 0.338. The van der Waals surface area contributed by atoms with Gasteiger partial charge < -0.3 is 4.79 Å². The number of carbonyl (C=O) groups is 1. The van der Waals surface area contributed by atoms with Crippen molar-refractivity contribution >= 4 is 6.29 Å². The molecule has 204 valence electrons. The van der Waals surface area contributed by atoms with Crippen LogP contribution in [0.1, 0.15) is 200 Å². The maximum atomic E-state index is 11.4. The molecule has 0 amide bonds. The van der Waals surface area contributed by atoms with Crippen molar-refractivity contribution in [3.8, 4) is 0 Å². The van der Waals surface area contributed by atoms with Gasteiger partial charge in [0.2, 0.25) is 0 Å². The molecule has 34 heavy (non-hydrogen) atoms. The Labute approximate surface area is 217 Å². The molecule has 1 nitrogen and oxygen atoms in total. The Morgan fingerprint density at radius 1 is 0.353 bits per heavy atom. The quantitative estimate of drug-likeness (QED) is 0.0740. The molecule has 0 fully saturated rings. The molecular weight excluding hydrogens is 412 g/mol. The van der Waals surface area contributed by atoms with Crippen molar-refractivity contribution in [3.63, 3.8) is 0 Å². The molecule has 0 aromatic heterocycles. The zero-order chi connectivity index (χ0) is 24.8. The fourth-order valence-corrected chi connectivity index (χ4v) is 5.31. The van der Waals surface area contributed by atoms with Crippen LogP contribution in [0.5, 0.6) is 0 Å². The summed E-state index contributed by atoms with van der Waals surface area (Å²) in [5.74, 6) is 0.338. The Kier molecular flexibility index (Phi) is 30.4. The molecule has 0 N–H and O–H groups in total. The largest absolute Gasteiger partial charge is 0.303 e. The molecule has 0 saturated heterocycles. The minimum Gasteiger partial charge on any atom is -0.303 e. The Bertz CT molecular complexity index is 364. The van der Waals surface area contributed by atoms with E-state index in [1.54, 1.807) is 0 Å². The summed E-state index contributed by atoms with van der Waals surface area (Å²) in [5.41, 5.74) is 0. The number of unbranched alkanes of at least 4 members (excludes halogenated alkanes) is 25. The summed E-state index contributed by atoms with van der Waals surface area (Å²) in [6.45, 7) is 4.59. The first kappa shape index (κ1) is 33.7. The van der Waals surface area contributed by atoms with E-state index in [2.05, 4.69) is 13.8 Å². The lowest BCUT2D eigenvalue weighted by atomic mass is 9.95. The fraction of sp³-hybridized carbons (Fsp3) is 0.970. The smallest absolute Gasteiger partial charge is 0.123 e. The molecule has 0 aliphatic heterocycles. The van der Waals surface area contributed by atoms with E-state index in [9.17, 15) is 4.79 Å². The third-order valence-corrected chi connectivity index (χ3v) is 7.80. The average Bonchev–Trinajstić information content (AvgIpc) is 2.85. The van der Waals surface area contributed by atoms with E-state index in [4.69, 9.17) is 0 Å². The summed E-state index contributed by atoms with van der Waals surface area (Å²) >= 11 is 0. The van der Waals surface area contributed by atoms with Crippen molar-refractivity contribution in [1.29, 1.82) is 0 Å². The molecule has 0 heterocycles.